The van der Waals surface area contributed by atoms with Crippen LogP contribution in [0.3, 0.4) is 0 Å². The number of halogens is 1. The van der Waals surface area contributed by atoms with Gasteiger partial charge in [0, 0.05) is 37.4 Å². The van der Waals surface area contributed by atoms with E-state index >= 15 is 0 Å². The number of carbonyl (C=O) groups excluding carboxylic acids is 1. The minimum Gasteiger partial charge on any atom is -0.352 e. The molecule has 2 aromatic heterocycles. The van der Waals surface area contributed by atoms with Crippen LogP contribution in [0.25, 0.3) is 5.65 Å². The number of fused-ring (bicyclic) bond motifs is 1. The SMILES string of the molecule is CC(C)(C)C(=O)NCC1(F)CCN(Cc2cn3ccccc3n2)CC1. The van der Waals surface area contributed by atoms with Crippen LogP contribution in [0.1, 0.15) is 39.3 Å². The number of nitrogens with zero attached hydrogens (tertiary/aromatic N) is 3. The first kappa shape index (κ1) is 17.9. The van der Waals surface area contributed by atoms with Crippen molar-refractivity contribution in [3.05, 3.63) is 36.3 Å². The largest absolute Gasteiger partial charge is 0.352 e. The molecule has 1 saturated heterocycles. The number of rotatable bonds is 4. The number of pyridine rings is 1. The predicted octanol–water partition coefficient (Wildman–Crippen LogP) is 2.80. The van der Waals surface area contributed by atoms with Gasteiger partial charge in [-0.2, -0.15) is 0 Å². The summed E-state index contributed by atoms with van der Waals surface area (Å²) in [5.74, 6) is -0.100. The molecule has 1 fully saturated rings. The first-order valence-electron chi connectivity index (χ1n) is 8.87. The van der Waals surface area contributed by atoms with Crippen LogP contribution in [0.5, 0.6) is 0 Å². The summed E-state index contributed by atoms with van der Waals surface area (Å²) in [6.45, 7) is 7.70. The average molecular weight is 346 g/mol. The highest BCUT2D eigenvalue weighted by Crippen LogP contribution is 2.27. The third kappa shape index (κ3) is 4.37. The summed E-state index contributed by atoms with van der Waals surface area (Å²) in [7, 11) is 0. The highest BCUT2D eigenvalue weighted by Gasteiger charge is 2.36. The van der Waals surface area contributed by atoms with Gasteiger partial charge in [0.05, 0.1) is 12.2 Å². The van der Waals surface area contributed by atoms with Crippen LogP contribution in [0.15, 0.2) is 30.6 Å². The van der Waals surface area contributed by atoms with Crippen LogP contribution in [0.4, 0.5) is 4.39 Å². The number of likely N-dealkylation sites (tertiary alicyclic amines) is 1. The highest BCUT2D eigenvalue weighted by molar-refractivity contribution is 5.81. The second-order valence-electron chi connectivity index (χ2n) is 8.06. The van der Waals surface area contributed by atoms with E-state index in [1.165, 1.54) is 0 Å². The van der Waals surface area contributed by atoms with Gasteiger partial charge in [-0.25, -0.2) is 9.37 Å². The summed E-state index contributed by atoms with van der Waals surface area (Å²) in [4.78, 5) is 18.8. The van der Waals surface area contributed by atoms with Crippen LogP contribution in [-0.4, -0.2) is 45.5 Å². The molecule has 0 atom stereocenters. The number of hydrogen-bond donors (Lipinski definition) is 1. The van der Waals surface area contributed by atoms with Crippen molar-refractivity contribution in [1.29, 1.82) is 0 Å². The molecule has 0 aromatic carbocycles. The fourth-order valence-electron chi connectivity index (χ4n) is 3.08. The Kier molecular flexibility index (Phi) is 4.82. The molecule has 0 saturated carbocycles. The Labute approximate surface area is 148 Å². The molecule has 5 nitrogen and oxygen atoms in total. The maximum absolute atomic E-state index is 14.9. The Morgan fingerprint density at radius 2 is 2.04 bits per heavy atom. The van der Waals surface area contributed by atoms with Gasteiger partial charge < -0.3 is 9.72 Å². The quantitative estimate of drug-likeness (QED) is 0.926. The maximum atomic E-state index is 14.9. The normalized spacial score (nSPS) is 18.4. The lowest BCUT2D eigenvalue weighted by Gasteiger charge is -2.36. The van der Waals surface area contributed by atoms with Crippen molar-refractivity contribution < 1.29 is 9.18 Å². The molecular formula is C19H27FN4O. The Balaban J connectivity index is 1.51. The summed E-state index contributed by atoms with van der Waals surface area (Å²) in [5, 5.41) is 2.77. The summed E-state index contributed by atoms with van der Waals surface area (Å²) in [6.07, 6.45) is 4.87. The number of piperidine rings is 1. The van der Waals surface area contributed by atoms with Crippen LogP contribution in [0, 0.1) is 5.41 Å². The van der Waals surface area contributed by atoms with Crippen molar-refractivity contribution in [3.8, 4) is 0 Å². The Morgan fingerprint density at radius 1 is 1.32 bits per heavy atom. The zero-order chi connectivity index (χ0) is 18.1. The Bertz CT molecular complexity index is 708. The third-order valence-corrected chi connectivity index (χ3v) is 4.80. The van der Waals surface area contributed by atoms with E-state index in [0.717, 1.165) is 17.9 Å². The summed E-state index contributed by atoms with van der Waals surface area (Å²) in [5.41, 5.74) is 0.133. The number of alkyl halides is 1. The molecular weight excluding hydrogens is 319 g/mol. The van der Waals surface area contributed by atoms with E-state index in [4.69, 9.17) is 0 Å². The fourth-order valence-corrected chi connectivity index (χ4v) is 3.08. The lowest BCUT2D eigenvalue weighted by molar-refractivity contribution is -0.129. The van der Waals surface area contributed by atoms with Gasteiger partial charge in [0.2, 0.25) is 5.91 Å². The molecule has 0 spiro atoms. The Hall–Kier alpha value is -1.95. The molecule has 1 N–H and O–H groups in total. The summed E-state index contributed by atoms with van der Waals surface area (Å²) in [6, 6.07) is 5.92. The zero-order valence-corrected chi connectivity index (χ0v) is 15.3. The van der Waals surface area contributed by atoms with Crippen molar-refractivity contribution in [2.45, 2.75) is 45.8 Å². The van der Waals surface area contributed by atoms with Gasteiger partial charge in [-0.1, -0.05) is 26.8 Å². The molecule has 0 radical (unpaired) electrons. The molecule has 0 unspecified atom stereocenters. The molecule has 3 rings (SSSR count). The van der Waals surface area contributed by atoms with Gasteiger partial charge in [0.15, 0.2) is 0 Å². The summed E-state index contributed by atoms with van der Waals surface area (Å²) >= 11 is 0. The zero-order valence-electron chi connectivity index (χ0n) is 15.3. The van der Waals surface area contributed by atoms with Gasteiger partial charge in [0.25, 0.3) is 0 Å². The van der Waals surface area contributed by atoms with E-state index in [1.807, 2.05) is 55.8 Å². The van der Waals surface area contributed by atoms with Gasteiger partial charge in [0.1, 0.15) is 11.3 Å². The maximum Gasteiger partial charge on any atom is 0.225 e. The van der Waals surface area contributed by atoms with Crippen molar-refractivity contribution >= 4 is 11.6 Å². The van der Waals surface area contributed by atoms with Crippen LogP contribution in [-0.2, 0) is 11.3 Å². The van der Waals surface area contributed by atoms with Gasteiger partial charge in [-0.15, -0.1) is 0 Å². The van der Waals surface area contributed by atoms with E-state index in [1.54, 1.807) is 0 Å². The van der Waals surface area contributed by atoms with E-state index < -0.39 is 11.1 Å². The molecule has 0 bridgehead atoms. The molecule has 2 aromatic rings. The molecule has 3 heterocycles. The molecule has 1 aliphatic rings. The van der Waals surface area contributed by atoms with E-state index in [0.29, 0.717) is 25.9 Å². The molecule has 1 amide bonds. The van der Waals surface area contributed by atoms with E-state index in [2.05, 4.69) is 15.2 Å². The molecule has 136 valence electrons. The van der Waals surface area contributed by atoms with Crippen molar-refractivity contribution in [1.82, 2.24) is 19.6 Å². The van der Waals surface area contributed by atoms with Gasteiger partial charge in [-0.3, -0.25) is 9.69 Å². The van der Waals surface area contributed by atoms with Crippen LogP contribution in [0.2, 0.25) is 0 Å². The molecule has 25 heavy (non-hydrogen) atoms. The number of aromatic nitrogens is 2. The lowest BCUT2D eigenvalue weighted by atomic mass is 9.91. The number of carbonyl (C=O) groups is 1. The topological polar surface area (TPSA) is 49.6 Å². The second-order valence-corrected chi connectivity index (χ2v) is 8.06. The van der Waals surface area contributed by atoms with Crippen molar-refractivity contribution in [3.63, 3.8) is 0 Å². The minimum atomic E-state index is -1.31. The van der Waals surface area contributed by atoms with E-state index in [-0.39, 0.29) is 12.5 Å². The summed E-state index contributed by atoms with van der Waals surface area (Å²) < 4.78 is 16.9. The number of imidazole rings is 1. The van der Waals surface area contributed by atoms with Crippen LogP contribution < -0.4 is 5.32 Å². The fraction of sp³-hybridized carbons (Fsp3) is 0.579. The lowest BCUT2D eigenvalue weighted by Crippen LogP contribution is -2.49. The first-order chi connectivity index (χ1) is 11.8. The minimum absolute atomic E-state index is 0.100. The third-order valence-electron chi connectivity index (χ3n) is 4.80. The number of hydrogen-bond acceptors (Lipinski definition) is 3. The van der Waals surface area contributed by atoms with Gasteiger partial charge in [-0.05, 0) is 25.0 Å². The Morgan fingerprint density at radius 3 is 2.68 bits per heavy atom. The van der Waals surface area contributed by atoms with Gasteiger partial charge >= 0.3 is 0 Å². The van der Waals surface area contributed by atoms with Crippen LogP contribution >= 0.6 is 0 Å². The standard InChI is InChI=1S/C19H27FN4O/c1-18(2,3)17(25)21-14-19(20)7-10-23(11-8-19)12-15-13-24-9-5-4-6-16(24)22-15/h4-6,9,13H,7-8,10-12,14H2,1-3H3,(H,21,25). The second kappa shape index (κ2) is 6.75. The molecule has 1 aliphatic heterocycles. The number of nitrogens with one attached hydrogen (secondary N) is 1. The smallest absolute Gasteiger partial charge is 0.225 e. The first-order valence-corrected chi connectivity index (χ1v) is 8.87. The van der Waals surface area contributed by atoms with Crippen molar-refractivity contribution in [2.24, 2.45) is 5.41 Å². The average Bonchev–Trinajstić information content (AvgIpc) is 2.96. The monoisotopic (exact) mass is 346 g/mol. The predicted molar refractivity (Wildman–Crippen MR) is 96.0 cm³/mol. The highest BCUT2D eigenvalue weighted by atomic mass is 19.1. The van der Waals surface area contributed by atoms with Crippen molar-refractivity contribution in [2.75, 3.05) is 19.6 Å². The molecule has 6 heteroatoms. The molecule has 0 aliphatic carbocycles. The van der Waals surface area contributed by atoms with E-state index in [9.17, 15) is 9.18 Å². The number of amides is 1.